The molecular formula is C8H9BClNO4. The first kappa shape index (κ1) is 12.0. The Morgan fingerprint density at radius 1 is 1.67 bits per heavy atom. The number of carbonyl (C=O) groups excluding carboxylic acids is 1. The van der Waals surface area contributed by atoms with Gasteiger partial charge in [0, 0.05) is 11.7 Å². The van der Waals surface area contributed by atoms with Gasteiger partial charge in [0.05, 0.1) is 12.2 Å². The molecule has 0 amide bonds. The van der Waals surface area contributed by atoms with Gasteiger partial charge in [-0.1, -0.05) is 11.6 Å². The minimum atomic E-state index is -1.69. The molecule has 0 aromatic carbocycles. The van der Waals surface area contributed by atoms with Crippen LogP contribution in [-0.4, -0.2) is 34.7 Å². The van der Waals surface area contributed by atoms with E-state index in [0.717, 1.165) is 0 Å². The summed E-state index contributed by atoms with van der Waals surface area (Å²) in [5.74, 6) is -0.641. The van der Waals surface area contributed by atoms with E-state index in [1.54, 1.807) is 6.92 Å². The maximum Gasteiger partial charge on any atom is 0.490 e. The quantitative estimate of drug-likeness (QED) is 0.418. The van der Waals surface area contributed by atoms with Crippen LogP contribution < -0.4 is 5.46 Å². The largest absolute Gasteiger partial charge is 0.490 e. The average molecular weight is 229 g/mol. The standard InChI is InChI=1S/C8H9BClNO4/c1-2-15-8(12)6-3-5(9(13)14)4-11-7(6)10/h3-4,13-14H,2H2,1H3. The summed E-state index contributed by atoms with van der Waals surface area (Å²) in [6.07, 6.45) is 1.18. The van der Waals surface area contributed by atoms with Crippen molar-refractivity contribution in [2.24, 2.45) is 0 Å². The van der Waals surface area contributed by atoms with Gasteiger partial charge < -0.3 is 14.8 Å². The molecule has 1 heterocycles. The maximum absolute atomic E-state index is 11.3. The first-order valence-electron chi connectivity index (χ1n) is 4.25. The van der Waals surface area contributed by atoms with Gasteiger partial charge in [0.2, 0.25) is 0 Å². The Morgan fingerprint density at radius 2 is 2.33 bits per heavy atom. The second-order valence-electron chi connectivity index (χ2n) is 2.70. The molecule has 0 saturated heterocycles. The molecule has 0 unspecified atom stereocenters. The molecule has 0 spiro atoms. The highest BCUT2D eigenvalue weighted by molar-refractivity contribution is 6.58. The summed E-state index contributed by atoms with van der Waals surface area (Å²) >= 11 is 5.66. The van der Waals surface area contributed by atoms with Gasteiger partial charge in [-0.2, -0.15) is 0 Å². The van der Waals surface area contributed by atoms with E-state index in [1.807, 2.05) is 0 Å². The van der Waals surface area contributed by atoms with Gasteiger partial charge in [0.15, 0.2) is 0 Å². The van der Waals surface area contributed by atoms with Crippen LogP contribution >= 0.6 is 11.6 Å². The normalized spacial score (nSPS) is 9.87. The molecule has 80 valence electrons. The summed E-state index contributed by atoms with van der Waals surface area (Å²) in [7, 11) is -1.69. The highest BCUT2D eigenvalue weighted by atomic mass is 35.5. The van der Waals surface area contributed by atoms with Crippen LogP contribution in [0.5, 0.6) is 0 Å². The van der Waals surface area contributed by atoms with Crippen LogP contribution in [0, 0.1) is 0 Å². The van der Waals surface area contributed by atoms with E-state index < -0.39 is 13.1 Å². The van der Waals surface area contributed by atoms with Crippen molar-refractivity contribution in [3.8, 4) is 0 Å². The predicted molar refractivity (Wildman–Crippen MR) is 55.0 cm³/mol. The number of halogens is 1. The van der Waals surface area contributed by atoms with Crippen molar-refractivity contribution >= 4 is 30.2 Å². The van der Waals surface area contributed by atoms with Crippen LogP contribution in [0.15, 0.2) is 12.3 Å². The van der Waals surface area contributed by atoms with Gasteiger partial charge in [0.25, 0.3) is 0 Å². The van der Waals surface area contributed by atoms with Gasteiger partial charge in [0.1, 0.15) is 5.15 Å². The lowest BCUT2D eigenvalue weighted by molar-refractivity contribution is 0.0526. The molecule has 0 radical (unpaired) electrons. The fraction of sp³-hybridized carbons (Fsp3) is 0.250. The van der Waals surface area contributed by atoms with E-state index in [2.05, 4.69) is 4.98 Å². The van der Waals surface area contributed by atoms with Crippen molar-refractivity contribution < 1.29 is 19.6 Å². The molecule has 0 saturated carbocycles. The Hall–Kier alpha value is -1.11. The summed E-state index contributed by atoms with van der Waals surface area (Å²) in [5.41, 5.74) is 0.103. The van der Waals surface area contributed by atoms with Crippen molar-refractivity contribution in [2.75, 3.05) is 6.61 Å². The Morgan fingerprint density at radius 3 is 2.87 bits per heavy atom. The second-order valence-corrected chi connectivity index (χ2v) is 3.06. The number of ether oxygens (including phenoxy) is 1. The highest BCUT2D eigenvalue weighted by Gasteiger charge is 2.18. The fourth-order valence-electron chi connectivity index (χ4n) is 0.957. The van der Waals surface area contributed by atoms with Crippen LogP contribution in [0.2, 0.25) is 5.15 Å². The molecule has 0 atom stereocenters. The number of esters is 1. The first-order valence-corrected chi connectivity index (χ1v) is 4.62. The SMILES string of the molecule is CCOC(=O)c1cc(B(O)O)cnc1Cl. The number of nitrogens with zero attached hydrogens (tertiary/aromatic N) is 1. The van der Waals surface area contributed by atoms with Crippen LogP contribution in [0.25, 0.3) is 0 Å². The minimum Gasteiger partial charge on any atom is -0.462 e. The summed E-state index contributed by atoms with van der Waals surface area (Å²) < 4.78 is 4.72. The third-order valence-electron chi connectivity index (χ3n) is 1.65. The fourth-order valence-corrected chi connectivity index (χ4v) is 1.14. The minimum absolute atomic E-state index is 0.0177. The number of hydrogen-bond donors (Lipinski definition) is 2. The van der Waals surface area contributed by atoms with E-state index in [9.17, 15) is 4.79 Å². The molecule has 1 aromatic rings. The van der Waals surface area contributed by atoms with Crippen molar-refractivity contribution in [3.63, 3.8) is 0 Å². The zero-order valence-electron chi connectivity index (χ0n) is 7.98. The molecule has 0 fully saturated rings. The third kappa shape index (κ3) is 2.92. The van der Waals surface area contributed by atoms with Gasteiger partial charge in [-0.25, -0.2) is 9.78 Å². The molecule has 7 heteroatoms. The van der Waals surface area contributed by atoms with Crippen molar-refractivity contribution in [1.29, 1.82) is 0 Å². The summed E-state index contributed by atoms with van der Waals surface area (Å²) in [5, 5.41) is 17.7. The van der Waals surface area contributed by atoms with Crippen LogP contribution in [-0.2, 0) is 4.74 Å². The molecule has 1 aromatic heterocycles. The number of rotatable bonds is 3. The molecular weight excluding hydrogens is 220 g/mol. The first-order chi connectivity index (χ1) is 7.06. The Labute approximate surface area is 91.8 Å². The topological polar surface area (TPSA) is 79.7 Å². The zero-order chi connectivity index (χ0) is 11.4. The molecule has 1 rings (SSSR count). The maximum atomic E-state index is 11.3. The molecule has 0 bridgehead atoms. The van der Waals surface area contributed by atoms with Gasteiger partial charge in [-0.3, -0.25) is 0 Å². The third-order valence-corrected chi connectivity index (χ3v) is 1.95. The lowest BCUT2D eigenvalue weighted by atomic mass is 9.81. The number of hydrogen-bond acceptors (Lipinski definition) is 5. The summed E-state index contributed by atoms with van der Waals surface area (Å²) in [6.45, 7) is 1.87. The number of aromatic nitrogens is 1. The van der Waals surface area contributed by atoms with E-state index in [4.69, 9.17) is 26.4 Å². The smallest absolute Gasteiger partial charge is 0.462 e. The average Bonchev–Trinajstić information content (AvgIpc) is 2.18. The van der Waals surface area contributed by atoms with Crippen LogP contribution in [0.3, 0.4) is 0 Å². The second kappa shape index (κ2) is 5.11. The monoisotopic (exact) mass is 229 g/mol. The summed E-state index contributed by atoms with van der Waals surface area (Å²) in [4.78, 5) is 15.0. The predicted octanol–water partition coefficient (Wildman–Crippen LogP) is -0.409. The van der Waals surface area contributed by atoms with E-state index >= 15 is 0 Å². The number of pyridine rings is 1. The lowest BCUT2D eigenvalue weighted by Crippen LogP contribution is -2.31. The van der Waals surface area contributed by atoms with E-state index in [0.29, 0.717) is 0 Å². The van der Waals surface area contributed by atoms with E-state index in [-0.39, 0.29) is 22.8 Å². The van der Waals surface area contributed by atoms with Gasteiger partial charge in [-0.05, 0) is 13.0 Å². The molecule has 0 aliphatic carbocycles. The van der Waals surface area contributed by atoms with Crippen molar-refractivity contribution in [1.82, 2.24) is 4.98 Å². The molecule has 15 heavy (non-hydrogen) atoms. The zero-order valence-corrected chi connectivity index (χ0v) is 8.73. The Bertz CT molecular complexity index is 372. The van der Waals surface area contributed by atoms with Crippen molar-refractivity contribution in [3.05, 3.63) is 23.0 Å². The van der Waals surface area contributed by atoms with Crippen molar-refractivity contribution in [2.45, 2.75) is 6.92 Å². The lowest BCUT2D eigenvalue weighted by Gasteiger charge is -2.05. The van der Waals surface area contributed by atoms with Gasteiger partial charge >= 0.3 is 13.1 Å². The molecule has 5 nitrogen and oxygen atoms in total. The highest BCUT2D eigenvalue weighted by Crippen LogP contribution is 2.11. The Kier molecular flexibility index (Phi) is 4.08. The Balaban J connectivity index is 3.05. The molecule has 0 aliphatic heterocycles. The van der Waals surface area contributed by atoms with Crippen LogP contribution in [0.1, 0.15) is 17.3 Å². The summed E-state index contributed by atoms with van der Waals surface area (Å²) in [6, 6.07) is 1.23. The molecule has 0 aliphatic rings. The molecule has 2 N–H and O–H groups in total. The van der Waals surface area contributed by atoms with Gasteiger partial charge in [-0.15, -0.1) is 0 Å². The van der Waals surface area contributed by atoms with Crippen LogP contribution in [0.4, 0.5) is 0 Å². The van der Waals surface area contributed by atoms with E-state index in [1.165, 1.54) is 12.3 Å². The number of carbonyl (C=O) groups is 1.